The van der Waals surface area contributed by atoms with Crippen molar-refractivity contribution < 1.29 is 9.18 Å². The number of carbonyl (C=O) groups is 1. The Morgan fingerprint density at radius 2 is 2.08 bits per heavy atom. The number of carbonyl (C=O) groups excluding carboxylic acids is 1. The third-order valence-electron chi connectivity index (χ3n) is 4.05. The molecule has 0 saturated carbocycles. The molecule has 2 aromatic carbocycles. The molecule has 0 aliphatic carbocycles. The van der Waals surface area contributed by atoms with Gasteiger partial charge in [0.2, 0.25) is 0 Å². The van der Waals surface area contributed by atoms with Crippen LogP contribution in [0.25, 0.3) is 5.69 Å². The molecule has 0 fully saturated rings. The van der Waals surface area contributed by atoms with Gasteiger partial charge < -0.3 is 10.6 Å². The van der Waals surface area contributed by atoms with Crippen molar-refractivity contribution in [2.24, 2.45) is 0 Å². The van der Waals surface area contributed by atoms with E-state index in [0.29, 0.717) is 16.8 Å². The highest BCUT2D eigenvalue weighted by Gasteiger charge is 2.26. The van der Waals surface area contributed by atoms with Crippen LogP contribution in [0.15, 0.2) is 49.1 Å². The lowest BCUT2D eigenvalue weighted by Crippen LogP contribution is -2.38. The highest BCUT2D eigenvalue weighted by molar-refractivity contribution is 6.02. The number of aromatic nitrogens is 3. The van der Waals surface area contributed by atoms with Gasteiger partial charge in [-0.15, -0.1) is 0 Å². The summed E-state index contributed by atoms with van der Waals surface area (Å²) in [6, 6.07) is 10.3. The third kappa shape index (κ3) is 2.30. The molecule has 3 aromatic rings. The lowest BCUT2D eigenvalue weighted by atomic mass is 10.0. The van der Waals surface area contributed by atoms with E-state index in [2.05, 4.69) is 20.7 Å². The van der Waals surface area contributed by atoms with Crippen LogP contribution in [-0.4, -0.2) is 20.7 Å². The number of amides is 1. The first-order valence-electron chi connectivity index (χ1n) is 7.45. The lowest BCUT2D eigenvalue weighted by molar-refractivity contribution is 0.0935. The molecule has 1 aromatic heterocycles. The van der Waals surface area contributed by atoms with Crippen molar-refractivity contribution in [3.05, 3.63) is 71.6 Å². The summed E-state index contributed by atoms with van der Waals surface area (Å²) >= 11 is 0. The monoisotopic (exact) mass is 323 g/mol. The van der Waals surface area contributed by atoms with E-state index in [-0.39, 0.29) is 5.91 Å². The molecule has 24 heavy (non-hydrogen) atoms. The molecule has 120 valence electrons. The van der Waals surface area contributed by atoms with E-state index < -0.39 is 12.0 Å². The van der Waals surface area contributed by atoms with Crippen LogP contribution in [0.1, 0.15) is 27.7 Å². The van der Waals surface area contributed by atoms with Crippen LogP contribution in [0.4, 0.5) is 10.1 Å². The van der Waals surface area contributed by atoms with Crippen LogP contribution in [0.2, 0.25) is 0 Å². The van der Waals surface area contributed by atoms with Gasteiger partial charge in [0.1, 0.15) is 30.3 Å². The molecule has 2 N–H and O–H groups in total. The van der Waals surface area contributed by atoms with E-state index in [1.807, 2.05) is 19.1 Å². The summed E-state index contributed by atoms with van der Waals surface area (Å²) in [5.41, 5.74) is 3.25. The minimum atomic E-state index is -0.495. The smallest absolute Gasteiger partial charge is 0.255 e. The van der Waals surface area contributed by atoms with E-state index in [0.717, 1.165) is 11.3 Å². The fourth-order valence-electron chi connectivity index (χ4n) is 2.83. The van der Waals surface area contributed by atoms with Gasteiger partial charge in [-0.2, -0.15) is 5.10 Å². The fourth-order valence-corrected chi connectivity index (χ4v) is 2.83. The number of benzene rings is 2. The molecule has 6 nitrogen and oxygen atoms in total. The summed E-state index contributed by atoms with van der Waals surface area (Å²) < 4.78 is 15.8. The van der Waals surface area contributed by atoms with Gasteiger partial charge in [0.25, 0.3) is 5.91 Å². The minimum Gasteiger partial charge on any atom is -0.361 e. The van der Waals surface area contributed by atoms with Crippen molar-refractivity contribution >= 4 is 11.6 Å². The molecule has 0 saturated heterocycles. The maximum Gasteiger partial charge on any atom is 0.255 e. The third-order valence-corrected chi connectivity index (χ3v) is 4.05. The summed E-state index contributed by atoms with van der Waals surface area (Å²) in [5, 5.41) is 10.0. The molecule has 2 heterocycles. The Labute approximate surface area is 137 Å². The number of aryl methyl sites for hydroxylation is 1. The second kappa shape index (κ2) is 5.45. The number of anilines is 1. The normalized spacial score (nSPS) is 16.2. The summed E-state index contributed by atoms with van der Waals surface area (Å²) in [5.74, 6) is -0.622. The van der Waals surface area contributed by atoms with Gasteiger partial charge in [0.15, 0.2) is 0 Å². The Morgan fingerprint density at radius 3 is 2.83 bits per heavy atom. The molecule has 7 heteroatoms. The number of fused-ring (bicyclic) bond motifs is 1. The van der Waals surface area contributed by atoms with Crippen LogP contribution in [0.3, 0.4) is 0 Å². The van der Waals surface area contributed by atoms with Crippen molar-refractivity contribution in [2.45, 2.75) is 13.1 Å². The molecular formula is C17H14FN5O. The number of nitrogens with one attached hydrogen (secondary N) is 2. The molecule has 1 unspecified atom stereocenters. The Kier molecular flexibility index (Phi) is 3.26. The molecule has 0 spiro atoms. The SMILES string of the molecule is Cc1cccc2c1NC(c1ccc(-n3cncn3)c(F)c1)NC2=O. The van der Waals surface area contributed by atoms with Crippen LogP contribution in [0, 0.1) is 12.7 Å². The predicted octanol–water partition coefficient (Wildman–Crippen LogP) is 2.57. The molecule has 1 amide bonds. The van der Waals surface area contributed by atoms with Crippen LogP contribution in [0.5, 0.6) is 0 Å². The topological polar surface area (TPSA) is 71.8 Å². The molecule has 0 bridgehead atoms. The zero-order valence-electron chi connectivity index (χ0n) is 12.8. The Balaban J connectivity index is 1.69. The Bertz CT molecular complexity index is 923. The largest absolute Gasteiger partial charge is 0.361 e. The van der Waals surface area contributed by atoms with E-state index in [1.165, 1.54) is 23.4 Å². The van der Waals surface area contributed by atoms with Gasteiger partial charge in [-0.1, -0.05) is 18.2 Å². The molecule has 4 rings (SSSR count). The van der Waals surface area contributed by atoms with E-state index in [4.69, 9.17) is 0 Å². The highest BCUT2D eigenvalue weighted by Crippen LogP contribution is 2.30. The number of halogens is 1. The second-order valence-electron chi connectivity index (χ2n) is 5.60. The van der Waals surface area contributed by atoms with Crippen molar-refractivity contribution in [1.29, 1.82) is 0 Å². The van der Waals surface area contributed by atoms with Crippen LogP contribution >= 0.6 is 0 Å². The maximum atomic E-state index is 14.4. The number of nitrogens with zero attached hydrogens (tertiary/aromatic N) is 3. The van der Waals surface area contributed by atoms with Crippen molar-refractivity contribution in [1.82, 2.24) is 20.1 Å². The first-order valence-corrected chi connectivity index (χ1v) is 7.45. The molecule has 1 atom stereocenters. The molecule has 1 aliphatic rings. The fraction of sp³-hybridized carbons (Fsp3) is 0.118. The summed E-state index contributed by atoms with van der Waals surface area (Å²) in [4.78, 5) is 16.1. The zero-order valence-corrected chi connectivity index (χ0v) is 12.8. The summed E-state index contributed by atoms with van der Waals surface area (Å²) in [7, 11) is 0. The van der Waals surface area contributed by atoms with Gasteiger partial charge in [-0.25, -0.2) is 14.1 Å². The standard InChI is InChI=1S/C17H14FN5O/c1-10-3-2-4-12-15(10)21-16(22-17(12)24)11-5-6-14(13(18)7-11)23-9-19-8-20-23/h2-9,16,21H,1H3,(H,22,24). The Morgan fingerprint density at radius 1 is 1.21 bits per heavy atom. The van der Waals surface area contributed by atoms with E-state index in [9.17, 15) is 9.18 Å². The van der Waals surface area contributed by atoms with Gasteiger partial charge in [0.05, 0.1) is 11.3 Å². The first kappa shape index (κ1) is 14.4. The van der Waals surface area contributed by atoms with Gasteiger partial charge in [-0.05, 0) is 36.2 Å². The minimum absolute atomic E-state index is 0.182. The van der Waals surface area contributed by atoms with Gasteiger partial charge >= 0.3 is 0 Å². The molecular weight excluding hydrogens is 309 g/mol. The molecule has 1 aliphatic heterocycles. The lowest BCUT2D eigenvalue weighted by Gasteiger charge is -2.29. The van der Waals surface area contributed by atoms with Gasteiger partial charge in [0, 0.05) is 0 Å². The van der Waals surface area contributed by atoms with Crippen molar-refractivity contribution in [3.63, 3.8) is 0 Å². The van der Waals surface area contributed by atoms with Crippen LogP contribution in [-0.2, 0) is 0 Å². The van der Waals surface area contributed by atoms with E-state index in [1.54, 1.807) is 18.2 Å². The number of hydrogen-bond acceptors (Lipinski definition) is 4. The maximum absolute atomic E-state index is 14.4. The average molecular weight is 323 g/mol. The quantitative estimate of drug-likeness (QED) is 0.760. The highest BCUT2D eigenvalue weighted by atomic mass is 19.1. The Hall–Kier alpha value is -3.22. The summed E-state index contributed by atoms with van der Waals surface area (Å²) in [6.45, 7) is 1.93. The second-order valence-corrected chi connectivity index (χ2v) is 5.60. The number of hydrogen-bond donors (Lipinski definition) is 2. The van der Waals surface area contributed by atoms with Crippen molar-refractivity contribution in [2.75, 3.05) is 5.32 Å². The van der Waals surface area contributed by atoms with Crippen molar-refractivity contribution in [3.8, 4) is 5.69 Å². The van der Waals surface area contributed by atoms with Crippen LogP contribution < -0.4 is 10.6 Å². The number of para-hydroxylation sites is 1. The summed E-state index contributed by atoms with van der Waals surface area (Å²) in [6.07, 6.45) is 2.28. The average Bonchev–Trinajstić information content (AvgIpc) is 3.10. The number of rotatable bonds is 2. The van der Waals surface area contributed by atoms with E-state index >= 15 is 0 Å². The predicted molar refractivity (Wildman–Crippen MR) is 86.3 cm³/mol. The molecule has 0 radical (unpaired) electrons. The first-order chi connectivity index (χ1) is 11.6. The zero-order chi connectivity index (χ0) is 16.7. The van der Waals surface area contributed by atoms with Gasteiger partial charge in [-0.3, -0.25) is 4.79 Å².